The van der Waals surface area contributed by atoms with E-state index in [1.54, 1.807) is 29.1 Å². The maximum atomic E-state index is 9.08. The highest BCUT2D eigenvalue weighted by Gasteiger charge is 2.08. The summed E-state index contributed by atoms with van der Waals surface area (Å²) in [5.41, 5.74) is 2.31. The first-order valence-corrected chi connectivity index (χ1v) is 5.49. The molecule has 1 aromatic heterocycles. The van der Waals surface area contributed by atoms with E-state index in [0.29, 0.717) is 10.0 Å². The average Bonchev–Trinajstić information content (AvgIpc) is 2.59. The minimum Gasteiger partial charge on any atom is -0.392 e. The molecule has 2 rings (SSSR count). The second-order valence-electron chi connectivity index (χ2n) is 3.44. The van der Waals surface area contributed by atoms with Gasteiger partial charge in [-0.25, -0.2) is 4.68 Å². The molecule has 3 nitrogen and oxygen atoms in total. The summed E-state index contributed by atoms with van der Waals surface area (Å²) in [5, 5.41) is 14.5. The fourth-order valence-corrected chi connectivity index (χ4v) is 1.94. The Balaban J connectivity index is 2.50. The molecule has 16 heavy (non-hydrogen) atoms. The molecular formula is C11H10Cl2N2O. The van der Waals surface area contributed by atoms with Crippen LogP contribution in [0.15, 0.2) is 24.4 Å². The van der Waals surface area contributed by atoms with Crippen LogP contribution in [0.3, 0.4) is 0 Å². The predicted molar refractivity (Wildman–Crippen MR) is 64.2 cm³/mol. The van der Waals surface area contributed by atoms with Gasteiger partial charge in [0.25, 0.3) is 0 Å². The molecule has 0 spiro atoms. The summed E-state index contributed by atoms with van der Waals surface area (Å²) in [6.45, 7) is 1.81. The highest BCUT2D eigenvalue weighted by atomic mass is 35.5. The quantitative estimate of drug-likeness (QED) is 0.898. The van der Waals surface area contributed by atoms with Gasteiger partial charge in [0.05, 0.1) is 23.0 Å². The summed E-state index contributed by atoms with van der Waals surface area (Å²) in [6.07, 6.45) is 1.75. The molecule has 0 aliphatic carbocycles. The third-order valence-electron chi connectivity index (χ3n) is 2.33. The van der Waals surface area contributed by atoms with Gasteiger partial charge in [-0.1, -0.05) is 23.2 Å². The Morgan fingerprint density at radius 2 is 2.12 bits per heavy atom. The monoisotopic (exact) mass is 256 g/mol. The molecule has 2 aromatic rings. The lowest BCUT2D eigenvalue weighted by Crippen LogP contribution is -1.95. The molecule has 84 valence electrons. The first-order chi connectivity index (χ1) is 7.61. The number of benzene rings is 1. The molecule has 1 N–H and O–H groups in total. The molecule has 0 saturated carbocycles. The van der Waals surface area contributed by atoms with E-state index in [0.717, 1.165) is 16.9 Å². The molecule has 5 heteroatoms. The topological polar surface area (TPSA) is 38.0 Å². The molecule has 0 radical (unpaired) electrons. The standard InChI is InChI=1S/C11H10Cl2N2O/c1-7-8(6-16)5-15(14-7)11-3-2-9(12)4-10(11)13/h2-5,16H,6H2,1H3. The van der Waals surface area contributed by atoms with Crippen molar-refractivity contribution in [3.8, 4) is 5.69 Å². The third kappa shape index (κ3) is 2.07. The third-order valence-corrected chi connectivity index (χ3v) is 2.87. The van der Waals surface area contributed by atoms with Crippen LogP contribution in [0.5, 0.6) is 0 Å². The van der Waals surface area contributed by atoms with Gasteiger partial charge >= 0.3 is 0 Å². The number of aryl methyl sites for hydroxylation is 1. The van der Waals surface area contributed by atoms with Gasteiger partial charge in [-0.05, 0) is 25.1 Å². The van der Waals surface area contributed by atoms with Crippen LogP contribution in [0, 0.1) is 6.92 Å². The first kappa shape index (κ1) is 11.5. The molecule has 0 aliphatic rings. The van der Waals surface area contributed by atoms with E-state index < -0.39 is 0 Å². The lowest BCUT2D eigenvalue weighted by atomic mass is 10.3. The Bertz CT molecular complexity index is 523. The Labute approximate surface area is 103 Å². The van der Waals surface area contributed by atoms with E-state index in [1.807, 2.05) is 6.92 Å². The summed E-state index contributed by atoms with van der Waals surface area (Å²) in [6, 6.07) is 5.20. The van der Waals surface area contributed by atoms with Crippen molar-refractivity contribution < 1.29 is 5.11 Å². The van der Waals surface area contributed by atoms with Crippen molar-refractivity contribution in [2.45, 2.75) is 13.5 Å². The summed E-state index contributed by atoms with van der Waals surface area (Å²) in [7, 11) is 0. The van der Waals surface area contributed by atoms with E-state index in [2.05, 4.69) is 5.10 Å². The molecule has 0 bridgehead atoms. The van der Waals surface area contributed by atoms with E-state index in [1.165, 1.54) is 0 Å². The lowest BCUT2D eigenvalue weighted by molar-refractivity contribution is 0.281. The van der Waals surface area contributed by atoms with Crippen molar-refractivity contribution in [1.29, 1.82) is 0 Å². The van der Waals surface area contributed by atoms with Crippen LogP contribution >= 0.6 is 23.2 Å². The van der Waals surface area contributed by atoms with Gasteiger partial charge in [-0.2, -0.15) is 5.10 Å². The molecule has 0 saturated heterocycles. The number of aromatic nitrogens is 2. The van der Waals surface area contributed by atoms with Crippen molar-refractivity contribution >= 4 is 23.2 Å². The predicted octanol–water partition coefficient (Wildman–Crippen LogP) is 2.98. The van der Waals surface area contributed by atoms with E-state index >= 15 is 0 Å². The van der Waals surface area contributed by atoms with Gasteiger partial charge in [-0.3, -0.25) is 0 Å². The summed E-state index contributed by atoms with van der Waals surface area (Å²) in [5.74, 6) is 0. The van der Waals surface area contributed by atoms with Gasteiger partial charge in [0.2, 0.25) is 0 Å². The van der Waals surface area contributed by atoms with E-state index in [9.17, 15) is 0 Å². The maximum Gasteiger partial charge on any atom is 0.0833 e. The van der Waals surface area contributed by atoms with Gasteiger partial charge in [0.15, 0.2) is 0 Å². The van der Waals surface area contributed by atoms with Crippen molar-refractivity contribution in [2.24, 2.45) is 0 Å². The Hall–Kier alpha value is -1.03. The number of aliphatic hydroxyl groups excluding tert-OH is 1. The Kier molecular flexibility index (Phi) is 3.19. The zero-order chi connectivity index (χ0) is 11.7. The maximum absolute atomic E-state index is 9.08. The van der Waals surface area contributed by atoms with Crippen molar-refractivity contribution in [3.63, 3.8) is 0 Å². The molecular weight excluding hydrogens is 247 g/mol. The first-order valence-electron chi connectivity index (χ1n) is 4.73. The fraction of sp³-hybridized carbons (Fsp3) is 0.182. The highest BCUT2D eigenvalue weighted by Crippen LogP contribution is 2.24. The van der Waals surface area contributed by atoms with Crippen LogP contribution in [-0.2, 0) is 6.61 Å². The number of halogens is 2. The van der Waals surface area contributed by atoms with Crippen molar-refractivity contribution in [1.82, 2.24) is 9.78 Å². The summed E-state index contributed by atoms with van der Waals surface area (Å²) < 4.78 is 1.64. The summed E-state index contributed by atoms with van der Waals surface area (Å²) >= 11 is 11.9. The van der Waals surface area contributed by atoms with Crippen LogP contribution in [-0.4, -0.2) is 14.9 Å². The number of hydrogen-bond donors (Lipinski definition) is 1. The van der Waals surface area contributed by atoms with Gasteiger partial charge in [0.1, 0.15) is 0 Å². The second-order valence-corrected chi connectivity index (χ2v) is 4.28. The molecule has 0 atom stereocenters. The minimum absolute atomic E-state index is 0.0307. The highest BCUT2D eigenvalue weighted by molar-refractivity contribution is 6.35. The largest absolute Gasteiger partial charge is 0.392 e. The molecule has 0 amide bonds. The molecule has 1 heterocycles. The summed E-state index contributed by atoms with van der Waals surface area (Å²) in [4.78, 5) is 0. The Morgan fingerprint density at radius 1 is 1.38 bits per heavy atom. The second kappa shape index (κ2) is 4.45. The number of nitrogens with zero attached hydrogens (tertiary/aromatic N) is 2. The van der Waals surface area contributed by atoms with E-state index in [-0.39, 0.29) is 6.61 Å². The zero-order valence-corrected chi connectivity index (χ0v) is 10.1. The molecule has 0 unspecified atom stereocenters. The molecule has 1 aromatic carbocycles. The lowest BCUT2D eigenvalue weighted by Gasteiger charge is -2.03. The Morgan fingerprint density at radius 3 is 2.69 bits per heavy atom. The number of hydrogen-bond acceptors (Lipinski definition) is 2. The van der Waals surface area contributed by atoms with E-state index in [4.69, 9.17) is 28.3 Å². The van der Waals surface area contributed by atoms with Crippen molar-refractivity contribution in [3.05, 3.63) is 45.7 Å². The molecule has 0 fully saturated rings. The van der Waals surface area contributed by atoms with Gasteiger partial charge < -0.3 is 5.11 Å². The van der Waals surface area contributed by atoms with Crippen LogP contribution in [0.1, 0.15) is 11.3 Å². The molecule has 0 aliphatic heterocycles. The minimum atomic E-state index is -0.0307. The van der Waals surface area contributed by atoms with Gasteiger partial charge in [-0.15, -0.1) is 0 Å². The van der Waals surface area contributed by atoms with Crippen LogP contribution in [0.2, 0.25) is 10.0 Å². The van der Waals surface area contributed by atoms with Crippen LogP contribution in [0.25, 0.3) is 5.69 Å². The number of rotatable bonds is 2. The average molecular weight is 257 g/mol. The van der Waals surface area contributed by atoms with Crippen LogP contribution in [0.4, 0.5) is 0 Å². The van der Waals surface area contributed by atoms with Gasteiger partial charge in [0, 0.05) is 16.8 Å². The number of aliphatic hydroxyl groups is 1. The van der Waals surface area contributed by atoms with Crippen LogP contribution < -0.4 is 0 Å². The smallest absolute Gasteiger partial charge is 0.0833 e. The zero-order valence-electron chi connectivity index (χ0n) is 8.61. The fourth-order valence-electron chi connectivity index (χ4n) is 1.44. The van der Waals surface area contributed by atoms with Crippen molar-refractivity contribution in [2.75, 3.05) is 0 Å². The SMILES string of the molecule is Cc1nn(-c2ccc(Cl)cc2Cl)cc1CO. The normalized spacial score (nSPS) is 10.8.